The highest BCUT2D eigenvalue weighted by Gasteiger charge is 2.26. The molecule has 13 aromatic rings. The lowest BCUT2D eigenvalue weighted by atomic mass is 10.0. The normalized spacial score (nSPS) is 13.4. The van der Waals surface area contributed by atoms with Gasteiger partial charge in [0.05, 0.1) is 50.9 Å². The Bertz CT molecular complexity index is 4450. The highest BCUT2D eigenvalue weighted by Crippen LogP contribution is 2.41. The molecule has 0 N–H and O–H groups in total. The fourth-order valence-corrected chi connectivity index (χ4v) is 11.2. The first-order valence-corrected chi connectivity index (χ1v) is 22.8. The molecule has 6 aromatic heterocycles. The lowest BCUT2D eigenvalue weighted by Crippen LogP contribution is -2.13. The number of fused-ring (bicyclic) bond motifs is 18. The molecule has 6 heterocycles. The van der Waals surface area contributed by atoms with Gasteiger partial charge in [0.1, 0.15) is 0 Å². The summed E-state index contributed by atoms with van der Waals surface area (Å²) in [5.74, 6) is 9.00. The molecule has 7 aromatic carbocycles. The van der Waals surface area contributed by atoms with Crippen LogP contribution in [0.15, 0.2) is 170 Å². The van der Waals surface area contributed by atoms with Gasteiger partial charge in [0.25, 0.3) is 0 Å². The molecule has 0 radical (unpaired) electrons. The van der Waals surface area contributed by atoms with E-state index >= 15 is 0 Å². The number of hydrogen-bond donors (Lipinski definition) is 0. The maximum atomic E-state index is 5.65. The monoisotopic (exact) mass is 856 g/mol. The summed E-state index contributed by atoms with van der Waals surface area (Å²) in [5.41, 5.74) is 11.4. The van der Waals surface area contributed by atoms with E-state index in [0.29, 0.717) is 24.1 Å². The number of allylic oxidation sites excluding steroid dienone is 2. The molecule has 0 saturated heterocycles. The zero-order valence-electron chi connectivity index (χ0n) is 36.0. The summed E-state index contributed by atoms with van der Waals surface area (Å²) in [5, 5.41) is 10.2. The maximum absolute atomic E-state index is 5.65. The first kappa shape index (κ1) is 36.3. The fourth-order valence-electron chi connectivity index (χ4n) is 11.2. The van der Waals surface area contributed by atoms with Crippen molar-refractivity contribution in [3.8, 4) is 35.1 Å². The molecular weight excluding hydrogens is 821 g/mol. The van der Waals surface area contributed by atoms with Crippen LogP contribution in [-0.4, -0.2) is 37.9 Å². The fraction of sp³-hybridized carbons (Fsp3) is 0.0508. The van der Waals surface area contributed by atoms with Crippen LogP contribution in [0.2, 0.25) is 0 Å². The van der Waals surface area contributed by atoms with E-state index in [-0.39, 0.29) is 0 Å². The molecule has 0 spiro atoms. The molecule has 0 bridgehead atoms. The third kappa shape index (κ3) is 5.02. The van der Waals surface area contributed by atoms with Crippen LogP contribution < -0.4 is 0 Å². The molecule has 0 fully saturated rings. The third-order valence-electron chi connectivity index (χ3n) is 14.0. The summed E-state index contributed by atoms with van der Waals surface area (Å²) in [7, 11) is 0. The van der Waals surface area contributed by atoms with Gasteiger partial charge in [-0.1, -0.05) is 151 Å². The third-order valence-corrected chi connectivity index (χ3v) is 14.0. The van der Waals surface area contributed by atoms with Gasteiger partial charge in [-0.25, -0.2) is 4.98 Å². The SMILES string of the molecule is C1#CCc2nc3n(c2C=C1)c1cccc2c4ccccc4c4ccccc4c4cccc(-c5nc(-n6c7c(c8ccccc86)C=CCC7)nc(-n6c7ccccc7c7ccccc76)n5)c4n3c21. The molecule has 312 valence electrons. The van der Waals surface area contributed by atoms with Gasteiger partial charge in [0.2, 0.25) is 17.7 Å². The van der Waals surface area contributed by atoms with Gasteiger partial charge in [-0.3, -0.25) is 17.9 Å². The predicted octanol–water partition coefficient (Wildman–Crippen LogP) is 13.2. The lowest BCUT2D eigenvalue weighted by Gasteiger charge is -2.16. The van der Waals surface area contributed by atoms with Crippen LogP contribution >= 0.6 is 0 Å². The van der Waals surface area contributed by atoms with E-state index in [0.717, 1.165) is 112 Å². The first-order valence-electron chi connectivity index (χ1n) is 22.8. The smallest absolute Gasteiger partial charge is 0.240 e. The molecule has 2 aliphatic carbocycles. The quantitative estimate of drug-likeness (QED) is 0.166. The molecule has 0 amide bonds. The van der Waals surface area contributed by atoms with Crippen molar-refractivity contribution in [2.24, 2.45) is 0 Å². The van der Waals surface area contributed by atoms with E-state index in [9.17, 15) is 0 Å². The van der Waals surface area contributed by atoms with Crippen molar-refractivity contribution in [1.29, 1.82) is 0 Å². The van der Waals surface area contributed by atoms with Crippen LogP contribution in [0.4, 0.5) is 0 Å². The van der Waals surface area contributed by atoms with Gasteiger partial charge in [0, 0.05) is 43.8 Å². The Morgan fingerprint density at radius 2 is 1.00 bits per heavy atom. The minimum absolute atomic E-state index is 0.545. The Morgan fingerprint density at radius 1 is 0.448 bits per heavy atom. The number of hydrogen-bond acceptors (Lipinski definition) is 4. The summed E-state index contributed by atoms with van der Waals surface area (Å²) in [6, 6.07) is 56.5. The summed E-state index contributed by atoms with van der Waals surface area (Å²) in [6.07, 6.45) is 10.9. The number of rotatable bonds is 3. The van der Waals surface area contributed by atoms with E-state index in [4.69, 9.17) is 19.9 Å². The average Bonchev–Trinajstić information content (AvgIpc) is 4.07. The molecular formula is C59H36N8. The molecule has 0 atom stereocenters. The largest absolute Gasteiger partial charge is 0.282 e. The van der Waals surface area contributed by atoms with Crippen molar-refractivity contribution in [2.75, 3.05) is 0 Å². The summed E-state index contributed by atoms with van der Waals surface area (Å²) in [6.45, 7) is 0. The van der Waals surface area contributed by atoms with E-state index in [2.05, 4.69) is 206 Å². The van der Waals surface area contributed by atoms with Crippen molar-refractivity contribution in [1.82, 2.24) is 37.9 Å². The second kappa shape index (κ2) is 13.7. The second-order valence-electron chi connectivity index (χ2n) is 17.5. The maximum Gasteiger partial charge on any atom is 0.240 e. The van der Waals surface area contributed by atoms with Crippen LogP contribution in [0.3, 0.4) is 0 Å². The summed E-state index contributed by atoms with van der Waals surface area (Å²) in [4.78, 5) is 22.3. The number of imidazole rings is 2. The zero-order chi connectivity index (χ0) is 43.7. The molecule has 67 heavy (non-hydrogen) atoms. The molecule has 0 saturated carbocycles. The van der Waals surface area contributed by atoms with Gasteiger partial charge in [-0.05, 0) is 76.9 Å². The van der Waals surface area contributed by atoms with Crippen LogP contribution in [0, 0.1) is 11.8 Å². The molecule has 8 nitrogen and oxygen atoms in total. The van der Waals surface area contributed by atoms with Crippen molar-refractivity contribution >= 4 is 99.5 Å². The average molecular weight is 857 g/mol. The van der Waals surface area contributed by atoms with Crippen molar-refractivity contribution in [3.05, 3.63) is 193 Å². The highest BCUT2D eigenvalue weighted by atomic mass is 15.3. The van der Waals surface area contributed by atoms with Gasteiger partial charge in [-0.2, -0.15) is 15.0 Å². The van der Waals surface area contributed by atoms with Crippen LogP contribution in [0.25, 0.3) is 123 Å². The number of aromatic nitrogens is 8. The van der Waals surface area contributed by atoms with Crippen molar-refractivity contribution in [3.63, 3.8) is 0 Å². The lowest BCUT2D eigenvalue weighted by molar-refractivity contribution is 0.822. The molecule has 2 aliphatic rings. The Morgan fingerprint density at radius 3 is 1.70 bits per heavy atom. The molecule has 0 aliphatic heterocycles. The Kier molecular flexibility index (Phi) is 7.44. The zero-order valence-corrected chi connectivity index (χ0v) is 36.0. The van der Waals surface area contributed by atoms with E-state index in [1.165, 1.54) is 16.6 Å². The van der Waals surface area contributed by atoms with Gasteiger partial charge < -0.3 is 0 Å². The van der Waals surface area contributed by atoms with E-state index < -0.39 is 0 Å². The first-order chi connectivity index (χ1) is 33.3. The summed E-state index contributed by atoms with van der Waals surface area (Å²) < 4.78 is 9.18. The molecule has 15 rings (SSSR count). The predicted molar refractivity (Wildman–Crippen MR) is 273 cm³/mol. The minimum atomic E-state index is 0.545. The van der Waals surface area contributed by atoms with Crippen molar-refractivity contribution < 1.29 is 0 Å². The minimum Gasteiger partial charge on any atom is -0.282 e. The number of para-hydroxylation sites is 5. The van der Waals surface area contributed by atoms with Crippen molar-refractivity contribution in [2.45, 2.75) is 19.3 Å². The van der Waals surface area contributed by atoms with Crippen LogP contribution in [-0.2, 0) is 12.8 Å². The van der Waals surface area contributed by atoms with Gasteiger partial charge in [0.15, 0.2) is 5.82 Å². The Hall–Kier alpha value is -9.06. The van der Waals surface area contributed by atoms with Gasteiger partial charge >= 0.3 is 0 Å². The Balaban J connectivity index is 1.18. The highest BCUT2D eigenvalue weighted by molar-refractivity contribution is 6.22. The Labute approximate surface area is 382 Å². The van der Waals surface area contributed by atoms with Crippen LogP contribution in [0.1, 0.15) is 29.1 Å². The topological polar surface area (TPSA) is 70.2 Å². The molecule has 0 unspecified atom stereocenters. The van der Waals surface area contributed by atoms with Gasteiger partial charge in [-0.15, -0.1) is 0 Å². The van der Waals surface area contributed by atoms with Crippen LogP contribution in [0.5, 0.6) is 0 Å². The molecule has 8 heteroatoms. The van der Waals surface area contributed by atoms with E-state index in [1.807, 2.05) is 6.08 Å². The number of nitrogens with zero attached hydrogens (tertiary/aromatic N) is 8. The standard InChI is InChI=1S/C59H36N8/c1-2-29-47-52(34-3-1)66-53-35-17-27-45-39-21-7-5-19-37(39)36-18-4-6-20-38(36)44-26-16-28-46(54(44)67(55(45)53)59(66)60-47)56-61-57(64-48-30-12-8-22-40(48)41-23-9-13-31-49(41)64)63-58(62-56)65-50-32-14-10-24-42(50)43-25-11-15-33-51(43)65/h3-14,16-28,30-32,34-35H,15,29,33H2. The summed E-state index contributed by atoms with van der Waals surface area (Å²) >= 11 is 0. The number of benzene rings is 7. The van der Waals surface area contributed by atoms with E-state index in [1.54, 1.807) is 0 Å². The second-order valence-corrected chi connectivity index (χ2v) is 17.5.